The first-order valence-corrected chi connectivity index (χ1v) is 14.9. The number of nitrogens with two attached hydrogens (primary N) is 1. The Morgan fingerprint density at radius 3 is 2.30 bits per heavy atom. The Kier molecular flexibility index (Phi) is 11.8. The molecule has 0 fully saturated rings. The zero-order valence-electron chi connectivity index (χ0n) is 25.4. The lowest BCUT2D eigenvalue weighted by atomic mass is 10.1. The van der Waals surface area contributed by atoms with Gasteiger partial charge in [0.25, 0.3) is 0 Å². The molecule has 3 aromatic carbocycles. The van der Waals surface area contributed by atoms with E-state index in [1.54, 1.807) is 49.7 Å². The number of pyridine rings is 1. The fourth-order valence-corrected chi connectivity index (χ4v) is 4.56. The number of benzene rings is 3. The van der Waals surface area contributed by atoms with E-state index in [1.165, 1.54) is 0 Å². The van der Waals surface area contributed by atoms with Crippen LogP contribution in [0.25, 0.3) is 10.9 Å². The highest BCUT2D eigenvalue weighted by Gasteiger charge is 2.19. The second-order valence-electron chi connectivity index (χ2n) is 10.3. The van der Waals surface area contributed by atoms with E-state index in [4.69, 9.17) is 24.7 Å². The molecule has 1 heterocycles. The first-order chi connectivity index (χ1) is 21.4. The lowest BCUT2D eigenvalue weighted by molar-refractivity contribution is -0.151. The van der Waals surface area contributed by atoms with E-state index in [9.17, 15) is 9.59 Å². The molecule has 4 rings (SSSR count). The van der Waals surface area contributed by atoms with Crippen LogP contribution in [0.4, 0.5) is 16.2 Å². The van der Waals surface area contributed by atoms with Gasteiger partial charge in [-0.2, -0.15) is 0 Å². The van der Waals surface area contributed by atoms with Gasteiger partial charge in [-0.1, -0.05) is 38.5 Å². The van der Waals surface area contributed by atoms with Crippen molar-refractivity contribution in [2.45, 2.75) is 58.1 Å². The van der Waals surface area contributed by atoms with Crippen LogP contribution in [0.3, 0.4) is 0 Å². The fourth-order valence-electron chi connectivity index (χ4n) is 4.56. The predicted octanol–water partition coefficient (Wildman–Crippen LogP) is 7.29. The van der Waals surface area contributed by atoms with Crippen molar-refractivity contribution in [3.63, 3.8) is 0 Å². The van der Waals surface area contributed by atoms with E-state index in [0.717, 1.165) is 24.6 Å². The van der Waals surface area contributed by atoms with Crippen LogP contribution in [0.2, 0.25) is 0 Å². The lowest BCUT2D eigenvalue weighted by Crippen LogP contribution is -2.35. The number of rotatable bonds is 15. The number of fused-ring (bicyclic) bond motifs is 1. The molecule has 0 aliphatic rings. The number of hydrogen-bond donors (Lipinski definition) is 3. The Balaban J connectivity index is 1.34. The molecule has 0 aliphatic heterocycles. The SMILES string of the molecule is CCCC(CC)OC(=O)[C@H](N)CCCOc1cc2nccc(Oc3ccc(NC(=O)Nc4ccccc4)cc3)c2cc1OC. The van der Waals surface area contributed by atoms with E-state index < -0.39 is 6.04 Å². The standard InChI is InChI=1S/C34H40N4O6/c1-4-10-25(5-2)44-33(39)28(35)13-9-20-42-32-22-29-27(21-31(32)41-3)30(18-19-36-29)43-26-16-14-24(15-17-26)38-34(40)37-23-11-7-6-8-12-23/h6-8,11-12,14-19,21-22,25,28H,4-5,9-10,13,20,35H2,1-3H3,(H2,37,38,40)/t25?,28-/m1/s1. The summed E-state index contributed by atoms with van der Waals surface area (Å²) in [5.74, 6) is 1.85. The van der Waals surface area contributed by atoms with Gasteiger partial charge >= 0.3 is 12.0 Å². The smallest absolute Gasteiger partial charge is 0.323 e. The molecule has 10 nitrogen and oxygen atoms in total. The molecule has 2 atom stereocenters. The van der Waals surface area contributed by atoms with E-state index in [2.05, 4.69) is 22.5 Å². The molecule has 232 valence electrons. The van der Waals surface area contributed by atoms with Crippen molar-refractivity contribution in [1.82, 2.24) is 4.98 Å². The van der Waals surface area contributed by atoms with E-state index in [0.29, 0.717) is 59.3 Å². The third-order valence-corrected chi connectivity index (χ3v) is 6.93. The quantitative estimate of drug-likeness (QED) is 0.0957. The van der Waals surface area contributed by atoms with Crippen molar-refractivity contribution >= 4 is 34.3 Å². The number of anilines is 2. The first-order valence-electron chi connectivity index (χ1n) is 14.9. The van der Waals surface area contributed by atoms with Crippen LogP contribution in [-0.4, -0.2) is 42.8 Å². The summed E-state index contributed by atoms with van der Waals surface area (Å²) in [4.78, 5) is 29.1. The molecule has 0 spiro atoms. The lowest BCUT2D eigenvalue weighted by Gasteiger charge is -2.18. The summed E-state index contributed by atoms with van der Waals surface area (Å²) in [5, 5.41) is 6.33. The topological polar surface area (TPSA) is 134 Å². The highest BCUT2D eigenvalue weighted by molar-refractivity contribution is 5.99. The molecule has 2 amide bonds. The molecule has 0 saturated heterocycles. The summed E-state index contributed by atoms with van der Waals surface area (Å²) in [5.41, 5.74) is 8.05. The summed E-state index contributed by atoms with van der Waals surface area (Å²) in [6, 6.07) is 20.6. The molecule has 1 unspecified atom stereocenters. The molecule has 0 aliphatic carbocycles. The Bertz CT molecular complexity index is 1510. The fraction of sp³-hybridized carbons (Fsp3) is 0.324. The number of nitrogens with zero attached hydrogens (tertiary/aromatic N) is 1. The summed E-state index contributed by atoms with van der Waals surface area (Å²) >= 11 is 0. The molecule has 44 heavy (non-hydrogen) atoms. The van der Waals surface area contributed by atoms with Gasteiger partial charge in [-0.3, -0.25) is 9.78 Å². The highest BCUT2D eigenvalue weighted by atomic mass is 16.5. The van der Waals surface area contributed by atoms with Gasteiger partial charge in [0, 0.05) is 29.0 Å². The number of carbonyl (C=O) groups is 2. The van der Waals surface area contributed by atoms with Crippen molar-refractivity contribution in [3.8, 4) is 23.0 Å². The van der Waals surface area contributed by atoms with Crippen LogP contribution < -0.4 is 30.6 Å². The Hall–Kier alpha value is -4.83. The van der Waals surface area contributed by atoms with Crippen molar-refractivity contribution < 1.29 is 28.5 Å². The summed E-state index contributed by atoms with van der Waals surface area (Å²) < 4.78 is 23.3. The maximum atomic E-state index is 12.3. The van der Waals surface area contributed by atoms with Crippen molar-refractivity contribution in [3.05, 3.63) is 79.0 Å². The summed E-state index contributed by atoms with van der Waals surface area (Å²) in [6.07, 6.45) is 5.14. The van der Waals surface area contributed by atoms with E-state index >= 15 is 0 Å². The average Bonchev–Trinajstić information content (AvgIpc) is 3.03. The number of para-hydroxylation sites is 1. The van der Waals surface area contributed by atoms with Gasteiger partial charge in [0.2, 0.25) is 0 Å². The van der Waals surface area contributed by atoms with E-state index in [-0.39, 0.29) is 18.1 Å². The molecule has 0 bridgehead atoms. The molecule has 1 aromatic heterocycles. The van der Waals surface area contributed by atoms with Crippen LogP contribution in [0.15, 0.2) is 79.0 Å². The normalized spacial score (nSPS) is 12.2. The molecule has 0 radical (unpaired) electrons. The van der Waals surface area contributed by atoms with Crippen LogP contribution in [0.5, 0.6) is 23.0 Å². The summed E-state index contributed by atoms with van der Waals surface area (Å²) in [7, 11) is 1.57. The minimum Gasteiger partial charge on any atom is -0.493 e. The van der Waals surface area contributed by atoms with Crippen LogP contribution in [0, 0.1) is 0 Å². The van der Waals surface area contributed by atoms with Crippen molar-refractivity contribution in [1.29, 1.82) is 0 Å². The number of esters is 1. The molecule has 0 saturated carbocycles. The van der Waals surface area contributed by atoms with Gasteiger partial charge in [-0.15, -0.1) is 0 Å². The maximum Gasteiger partial charge on any atom is 0.323 e. The molecule has 10 heteroatoms. The number of nitrogens with one attached hydrogen (secondary N) is 2. The molecular weight excluding hydrogens is 560 g/mol. The number of amides is 2. The molecule has 4 N–H and O–H groups in total. The first kappa shape index (κ1) is 32.1. The Morgan fingerprint density at radius 2 is 1.61 bits per heavy atom. The second kappa shape index (κ2) is 16.1. The van der Waals surface area contributed by atoms with Crippen LogP contribution in [0.1, 0.15) is 46.0 Å². The van der Waals surface area contributed by atoms with Crippen molar-refractivity contribution in [2.75, 3.05) is 24.4 Å². The van der Waals surface area contributed by atoms with Crippen LogP contribution in [-0.2, 0) is 9.53 Å². The number of ether oxygens (including phenoxy) is 4. The number of methoxy groups -OCH3 is 1. The number of urea groups is 1. The average molecular weight is 601 g/mol. The molecular formula is C34H40N4O6. The van der Waals surface area contributed by atoms with Gasteiger partial charge in [-0.05, 0) is 74.2 Å². The Labute approximate surface area is 257 Å². The second-order valence-corrected chi connectivity index (χ2v) is 10.3. The number of carbonyl (C=O) groups excluding carboxylic acids is 2. The predicted molar refractivity (Wildman–Crippen MR) is 172 cm³/mol. The highest BCUT2D eigenvalue weighted by Crippen LogP contribution is 2.37. The van der Waals surface area contributed by atoms with Gasteiger partial charge < -0.3 is 35.3 Å². The number of aromatic nitrogens is 1. The van der Waals surface area contributed by atoms with Gasteiger partial charge in [0.05, 0.1) is 19.2 Å². The van der Waals surface area contributed by atoms with Gasteiger partial charge in [0.1, 0.15) is 23.6 Å². The molecule has 4 aromatic rings. The third-order valence-electron chi connectivity index (χ3n) is 6.93. The Morgan fingerprint density at radius 1 is 0.886 bits per heavy atom. The number of hydrogen-bond acceptors (Lipinski definition) is 8. The minimum atomic E-state index is -0.694. The zero-order valence-corrected chi connectivity index (χ0v) is 25.4. The minimum absolute atomic E-state index is 0.0900. The zero-order chi connectivity index (χ0) is 31.3. The summed E-state index contributed by atoms with van der Waals surface area (Å²) in [6.45, 7) is 4.40. The largest absolute Gasteiger partial charge is 0.493 e. The monoisotopic (exact) mass is 600 g/mol. The third kappa shape index (κ3) is 9.08. The van der Waals surface area contributed by atoms with E-state index in [1.807, 2.05) is 43.3 Å². The van der Waals surface area contributed by atoms with Crippen LogP contribution >= 0.6 is 0 Å². The van der Waals surface area contributed by atoms with Gasteiger partial charge in [-0.25, -0.2) is 4.79 Å². The van der Waals surface area contributed by atoms with Gasteiger partial charge in [0.15, 0.2) is 11.5 Å². The van der Waals surface area contributed by atoms with Crippen molar-refractivity contribution in [2.24, 2.45) is 5.73 Å². The maximum absolute atomic E-state index is 12.3.